The van der Waals surface area contributed by atoms with Crippen molar-refractivity contribution in [1.82, 2.24) is 24.7 Å². The van der Waals surface area contributed by atoms with E-state index in [0.29, 0.717) is 0 Å². The van der Waals surface area contributed by atoms with Crippen LogP contribution in [0.15, 0.2) is 21.0 Å². The van der Waals surface area contributed by atoms with Crippen LogP contribution in [0.4, 0.5) is 19.0 Å². The Hall–Kier alpha value is -2.04. The van der Waals surface area contributed by atoms with Gasteiger partial charge in [0.05, 0.1) is 0 Å². The summed E-state index contributed by atoms with van der Waals surface area (Å²) in [5.41, 5.74) is 4.81. The first-order chi connectivity index (χ1) is 8.77. The Morgan fingerprint density at radius 2 is 2.11 bits per heavy atom. The quantitative estimate of drug-likeness (QED) is 0.788. The molecule has 0 aliphatic carbocycles. The van der Waals surface area contributed by atoms with E-state index in [1.165, 1.54) is 13.1 Å². The fourth-order valence-electron chi connectivity index (χ4n) is 1.14. The third-order valence-electron chi connectivity index (χ3n) is 2.01. The molecule has 2 aromatic rings. The minimum Gasteiger partial charge on any atom is -0.384 e. The largest absolute Gasteiger partial charge is 0.451 e. The molecule has 0 radical (unpaired) electrons. The Bertz CT molecular complexity index is 663. The summed E-state index contributed by atoms with van der Waals surface area (Å²) >= 11 is 0.769. The molecule has 102 valence electrons. The SMILES string of the molecule is Cn1c(Sc2cc(N)nc(C(F)(F)F)n2)n[nH]c1=O. The molecule has 0 saturated heterocycles. The van der Waals surface area contributed by atoms with Crippen molar-refractivity contribution in [3.05, 3.63) is 22.4 Å². The van der Waals surface area contributed by atoms with Crippen LogP contribution in [0.3, 0.4) is 0 Å². The molecule has 0 spiro atoms. The third kappa shape index (κ3) is 2.86. The number of halogens is 3. The molecule has 0 saturated carbocycles. The lowest BCUT2D eigenvalue weighted by Gasteiger charge is -2.07. The normalized spacial score (nSPS) is 11.8. The molecule has 0 unspecified atom stereocenters. The number of nitrogen functional groups attached to an aromatic ring is 1. The van der Waals surface area contributed by atoms with Crippen LogP contribution in [0, 0.1) is 0 Å². The van der Waals surface area contributed by atoms with E-state index < -0.39 is 17.7 Å². The Balaban J connectivity index is 2.38. The Kier molecular flexibility index (Phi) is 3.22. The van der Waals surface area contributed by atoms with Gasteiger partial charge in [-0.05, 0) is 11.8 Å². The number of nitrogens with two attached hydrogens (primary N) is 1. The van der Waals surface area contributed by atoms with E-state index in [-0.39, 0.29) is 16.0 Å². The van der Waals surface area contributed by atoms with E-state index in [2.05, 4.69) is 20.2 Å². The second kappa shape index (κ2) is 4.57. The molecule has 19 heavy (non-hydrogen) atoms. The van der Waals surface area contributed by atoms with Crippen LogP contribution in [0.25, 0.3) is 0 Å². The lowest BCUT2D eigenvalue weighted by molar-refractivity contribution is -0.145. The molecule has 0 aromatic carbocycles. The molecule has 2 heterocycles. The summed E-state index contributed by atoms with van der Waals surface area (Å²) in [6.45, 7) is 0. The van der Waals surface area contributed by atoms with Crippen LogP contribution in [-0.2, 0) is 13.2 Å². The highest BCUT2D eigenvalue weighted by Gasteiger charge is 2.35. The van der Waals surface area contributed by atoms with Crippen LogP contribution >= 0.6 is 11.8 Å². The van der Waals surface area contributed by atoms with Gasteiger partial charge in [0, 0.05) is 13.1 Å². The zero-order chi connectivity index (χ0) is 14.2. The number of anilines is 1. The third-order valence-corrected chi connectivity index (χ3v) is 2.98. The topological polar surface area (TPSA) is 102 Å². The second-order valence-corrected chi connectivity index (χ2v) is 4.41. The molecule has 0 aliphatic rings. The predicted molar refractivity (Wildman–Crippen MR) is 59.4 cm³/mol. The van der Waals surface area contributed by atoms with Gasteiger partial charge in [-0.15, -0.1) is 5.10 Å². The number of H-pyrrole nitrogens is 1. The van der Waals surface area contributed by atoms with Gasteiger partial charge >= 0.3 is 11.9 Å². The van der Waals surface area contributed by atoms with Crippen molar-refractivity contribution >= 4 is 17.6 Å². The lowest BCUT2D eigenvalue weighted by Crippen LogP contribution is -2.14. The van der Waals surface area contributed by atoms with Gasteiger partial charge < -0.3 is 5.73 Å². The minimum absolute atomic E-state index is 0.0538. The van der Waals surface area contributed by atoms with Gasteiger partial charge in [0.2, 0.25) is 5.82 Å². The summed E-state index contributed by atoms with van der Waals surface area (Å²) in [5.74, 6) is -1.65. The smallest absolute Gasteiger partial charge is 0.384 e. The van der Waals surface area contributed by atoms with Crippen molar-refractivity contribution in [2.45, 2.75) is 16.4 Å². The zero-order valence-corrected chi connectivity index (χ0v) is 10.2. The number of aromatic nitrogens is 5. The summed E-state index contributed by atoms with van der Waals surface area (Å²) in [6.07, 6.45) is -4.69. The monoisotopic (exact) mass is 292 g/mol. The van der Waals surface area contributed by atoms with Crippen LogP contribution in [0.5, 0.6) is 0 Å². The van der Waals surface area contributed by atoms with E-state index in [1.807, 2.05) is 0 Å². The maximum atomic E-state index is 12.5. The highest BCUT2D eigenvalue weighted by atomic mass is 32.2. The first-order valence-electron chi connectivity index (χ1n) is 4.78. The molecule has 2 aromatic heterocycles. The lowest BCUT2D eigenvalue weighted by atomic mass is 10.5. The standard InChI is InChI=1S/C8H7F3N6OS/c1-17-6(18)15-16-7(17)19-4-2-3(12)13-5(14-4)8(9,10)11/h2H,1H3,(H,15,18)(H2,12,13,14). The van der Waals surface area contributed by atoms with E-state index in [9.17, 15) is 18.0 Å². The average molecular weight is 292 g/mol. The van der Waals surface area contributed by atoms with Crippen molar-refractivity contribution in [2.75, 3.05) is 5.73 Å². The molecule has 2 rings (SSSR count). The molecule has 0 aliphatic heterocycles. The number of hydrogen-bond acceptors (Lipinski definition) is 6. The zero-order valence-electron chi connectivity index (χ0n) is 9.39. The van der Waals surface area contributed by atoms with Gasteiger partial charge in [-0.25, -0.2) is 19.9 Å². The first-order valence-corrected chi connectivity index (χ1v) is 5.60. The van der Waals surface area contributed by atoms with Gasteiger partial charge in [-0.2, -0.15) is 13.2 Å². The van der Waals surface area contributed by atoms with Crippen molar-refractivity contribution in [3.63, 3.8) is 0 Å². The number of nitrogens with one attached hydrogen (secondary N) is 1. The first kappa shape index (κ1) is 13.4. The number of rotatable bonds is 2. The van der Waals surface area contributed by atoms with Crippen LogP contribution in [-0.4, -0.2) is 24.7 Å². The average Bonchev–Trinajstić information content (AvgIpc) is 2.59. The highest BCUT2D eigenvalue weighted by Crippen LogP contribution is 2.30. The molecular formula is C8H7F3N6OS. The molecule has 11 heteroatoms. The molecular weight excluding hydrogens is 285 g/mol. The van der Waals surface area contributed by atoms with E-state index >= 15 is 0 Å². The summed E-state index contributed by atoms with van der Waals surface area (Å²) < 4.78 is 38.6. The van der Waals surface area contributed by atoms with Crippen LogP contribution in [0.2, 0.25) is 0 Å². The van der Waals surface area contributed by atoms with Crippen molar-refractivity contribution in [3.8, 4) is 0 Å². The van der Waals surface area contributed by atoms with Gasteiger partial charge in [0.1, 0.15) is 10.8 Å². The predicted octanol–water partition coefficient (Wildman–Crippen LogP) is 0.651. The number of hydrogen-bond donors (Lipinski definition) is 2. The van der Waals surface area contributed by atoms with Crippen molar-refractivity contribution in [1.29, 1.82) is 0 Å². The molecule has 3 N–H and O–H groups in total. The molecule has 0 amide bonds. The maximum absolute atomic E-state index is 12.5. The van der Waals surface area contributed by atoms with Gasteiger partial charge in [0.25, 0.3) is 0 Å². The number of aromatic amines is 1. The van der Waals surface area contributed by atoms with E-state index in [4.69, 9.17) is 5.73 Å². The highest BCUT2D eigenvalue weighted by molar-refractivity contribution is 7.99. The Morgan fingerprint density at radius 1 is 1.42 bits per heavy atom. The van der Waals surface area contributed by atoms with Gasteiger partial charge in [-0.3, -0.25) is 4.57 Å². The summed E-state index contributed by atoms with van der Waals surface area (Å²) in [7, 11) is 1.42. The van der Waals surface area contributed by atoms with Gasteiger partial charge in [0.15, 0.2) is 5.16 Å². The Labute approximate surface area is 108 Å². The maximum Gasteiger partial charge on any atom is 0.451 e. The van der Waals surface area contributed by atoms with E-state index in [1.54, 1.807) is 0 Å². The summed E-state index contributed by atoms with van der Waals surface area (Å²) in [5, 5.41) is 5.90. The molecule has 0 atom stereocenters. The Morgan fingerprint density at radius 3 is 2.63 bits per heavy atom. The fraction of sp³-hybridized carbons (Fsp3) is 0.250. The van der Waals surface area contributed by atoms with E-state index in [0.717, 1.165) is 16.3 Å². The van der Waals surface area contributed by atoms with Crippen molar-refractivity contribution < 1.29 is 13.2 Å². The van der Waals surface area contributed by atoms with Crippen LogP contribution in [0.1, 0.15) is 5.82 Å². The number of nitrogens with zero attached hydrogens (tertiary/aromatic N) is 4. The van der Waals surface area contributed by atoms with Crippen molar-refractivity contribution in [2.24, 2.45) is 7.05 Å². The second-order valence-electron chi connectivity index (χ2n) is 3.42. The minimum atomic E-state index is -4.69. The summed E-state index contributed by atoms with van der Waals surface area (Å²) in [6, 6.07) is 1.17. The fourth-order valence-corrected chi connectivity index (χ4v) is 1.95. The molecule has 7 nitrogen and oxygen atoms in total. The summed E-state index contributed by atoms with van der Waals surface area (Å²) in [4.78, 5) is 17.6. The molecule has 0 bridgehead atoms. The molecule has 0 fully saturated rings. The van der Waals surface area contributed by atoms with Crippen LogP contribution < -0.4 is 11.4 Å². The number of alkyl halides is 3. The van der Waals surface area contributed by atoms with Gasteiger partial charge in [-0.1, -0.05) is 0 Å².